The van der Waals surface area contributed by atoms with Gasteiger partial charge < -0.3 is 34.3 Å². The van der Waals surface area contributed by atoms with Gasteiger partial charge in [-0.2, -0.15) is 0 Å². The van der Waals surface area contributed by atoms with E-state index in [-0.39, 0.29) is 29.1 Å². The van der Waals surface area contributed by atoms with E-state index in [1.54, 1.807) is 50.6 Å². The third-order valence-corrected chi connectivity index (χ3v) is 9.64. The second kappa shape index (κ2) is 14.9. The largest absolute Gasteiger partial charge is 0.508 e. The number of benzene rings is 6. The lowest BCUT2D eigenvalue weighted by molar-refractivity contribution is 0.247. The van der Waals surface area contributed by atoms with Crippen molar-refractivity contribution in [1.29, 1.82) is 0 Å². The topological polar surface area (TPSA) is 97.6 Å². The first-order valence-electron chi connectivity index (χ1n) is 17.1. The molecule has 3 N–H and O–H groups in total. The Hall–Kier alpha value is -6.34. The molecule has 6 aromatic rings. The van der Waals surface area contributed by atoms with E-state index in [0.717, 1.165) is 50.6 Å². The summed E-state index contributed by atoms with van der Waals surface area (Å²) < 4.78 is 22.5. The molecule has 2 unspecified atom stereocenters. The average molecular weight is 693 g/mol. The molecule has 8 rings (SSSR count). The Balaban J connectivity index is 0.000000162. The van der Waals surface area contributed by atoms with Crippen molar-refractivity contribution in [2.24, 2.45) is 0 Å². The first-order valence-corrected chi connectivity index (χ1v) is 17.1. The lowest BCUT2D eigenvalue weighted by Crippen LogP contribution is -2.25. The van der Waals surface area contributed by atoms with Crippen LogP contribution in [-0.4, -0.2) is 42.8 Å². The molecule has 2 aliphatic heterocycles. The van der Waals surface area contributed by atoms with E-state index in [1.165, 1.54) is 16.7 Å². The van der Waals surface area contributed by atoms with Crippen LogP contribution in [-0.2, 0) is 0 Å². The van der Waals surface area contributed by atoms with Crippen LogP contribution in [0.15, 0.2) is 133 Å². The number of phenols is 3. The summed E-state index contributed by atoms with van der Waals surface area (Å²) in [5, 5.41) is 29.2. The molecule has 0 saturated heterocycles. The number of hydrogen-bond acceptors (Lipinski definition) is 7. The Morgan fingerprint density at radius 3 is 1.77 bits per heavy atom. The standard InChI is InChI=1S/C23H22O3.C22H18O4/c1-15-3-5-16(6-4-15)21-14-26-22-13-18(24)9-12-20(22)23(21)17-7-10-19(25-2)11-8-17;1-25-18-9-4-15(5-10-18)22-19-11-8-17(24)12-21(19)26-13-20(22)14-2-6-16(23)7-3-14/h3-13,21,23-24H,14H2,1-2H3;2-12,23-24H,13H2,1H3. The molecule has 0 spiro atoms. The molecule has 0 aliphatic carbocycles. The van der Waals surface area contributed by atoms with Crippen LogP contribution in [0.3, 0.4) is 0 Å². The lowest BCUT2D eigenvalue weighted by atomic mass is 9.76. The van der Waals surface area contributed by atoms with Crippen LogP contribution in [0.2, 0.25) is 0 Å². The summed E-state index contributed by atoms with van der Waals surface area (Å²) >= 11 is 0. The van der Waals surface area contributed by atoms with Crippen LogP contribution in [0, 0.1) is 6.92 Å². The van der Waals surface area contributed by atoms with E-state index < -0.39 is 0 Å². The van der Waals surface area contributed by atoms with Crippen molar-refractivity contribution in [1.82, 2.24) is 0 Å². The van der Waals surface area contributed by atoms with Crippen molar-refractivity contribution in [3.05, 3.63) is 172 Å². The number of rotatable bonds is 6. The van der Waals surface area contributed by atoms with Crippen molar-refractivity contribution in [2.45, 2.75) is 18.8 Å². The highest BCUT2D eigenvalue weighted by Gasteiger charge is 2.33. The van der Waals surface area contributed by atoms with Gasteiger partial charge in [-0.15, -0.1) is 0 Å². The number of aromatic hydroxyl groups is 3. The summed E-state index contributed by atoms with van der Waals surface area (Å²) in [5.41, 5.74) is 9.81. The fourth-order valence-electron chi connectivity index (χ4n) is 6.92. The van der Waals surface area contributed by atoms with Gasteiger partial charge in [0.25, 0.3) is 0 Å². The van der Waals surface area contributed by atoms with E-state index in [2.05, 4.69) is 43.3 Å². The highest BCUT2D eigenvalue weighted by Crippen LogP contribution is 2.47. The van der Waals surface area contributed by atoms with Crippen molar-refractivity contribution < 1.29 is 34.3 Å². The SMILES string of the molecule is COc1ccc(C2=C(c3ccc(O)cc3)COc3cc(O)ccc32)cc1.COc1ccc(C2c3ccc(O)cc3OCC2c2ccc(C)cc2)cc1. The first kappa shape index (κ1) is 34.1. The van der Waals surface area contributed by atoms with E-state index >= 15 is 0 Å². The Morgan fingerprint density at radius 1 is 0.558 bits per heavy atom. The maximum absolute atomic E-state index is 9.83. The number of hydrogen-bond donors (Lipinski definition) is 3. The fourth-order valence-corrected chi connectivity index (χ4v) is 6.92. The molecule has 0 aromatic heterocycles. The maximum Gasteiger partial charge on any atom is 0.131 e. The smallest absolute Gasteiger partial charge is 0.131 e. The van der Waals surface area contributed by atoms with Gasteiger partial charge in [0, 0.05) is 40.7 Å². The summed E-state index contributed by atoms with van der Waals surface area (Å²) in [5.74, 6) is 4.04. The van der Waals surface area contributed by atoms with Gasteiger partial charge in [-0.1, -0.05) is 72.3 Å². The average Bonchev–Trinajstić information content (AvgIpc) is 3.18. The van der Waals surface area contributed by atoms with Crippen LogP contribution in [0.25, 0.3) is 11.1 Å². The highest BCUT2D eigenvalue weighted by molar-refractivity contribution is 6.01. The summed E-state index contributed by atoms with van der Waals surface area (Å²) in [6.07, 6.45) is 0. The lowest BCUT2D eigenvalue weighted by Gasteiger charge is -2.34. The van der Waals surface area contributed by atoms with E-state index in [0.29, 0.717) is 19.0 Å². The summed E-state index contributed by atoms with van der Waals surface area (Å²) in [6.45, 7) is 3.05. The third-order valence-electron chi connectivity index (χ3n) is 9.64. The third kappa shape index (κ3) is 7.12. The van der Waals surface area contributed by atoms with Crippen molar-refractivity contribution in [2.75, 3.05) is 27.4 Å². The molecule has 0 radical (unpaired) electrons. The van der Waals surface area contributed by atoms with Gasteiger partial charge in [0.2, 0.25) is 0 Å². The fraction of sp³-hybridized carbons (Fsp3) is 0.156. The Bertz CT molecular complexity index is 2190. The molecule has 52 heavy (non-hydrogen) atoms. The molecule has 7 heteroatoms. The molecule has 2 aliphatic rings. The molecule has 0 saturated carbocycles. The van der Waals surface area contributed by atoms with E-state index in [4.69, 9.17) is 18.9 Å². The van der Waals surface area contributed by atoms with Crippen LogP contribution in [0.5, 0.6) is 40.2 Å². The number of fused-ring (bicyclic) bond motifs is 2. The second-order valence-electron chi connectivity index (χ2n) is 12.9. The summed E-state index contributed by atoms with van der Waals surface area (Å²) in [6, 6.07) is 42.4. The van der Waals surface area contributed by atoms with Gasteiger partial charge in [-0.05, 0) is 89.3 Å². The minimum atomic E-state index is 0.160. The molecule has 2 atom stereocenters. The number of aryl methyl sites for hydroxylation is 1. The molecular formula is C45H40O7. The van der Waals surface area contributed by atoms with E-state index in [1.807, 2.05) is 60.7 Å². The predicted octanol–water partition coefficient (Wildman–Crippen LogP) is 9.48. The zero-order chi connectivity index (χ0) is 36.2. The summed E-state index contributed by atoms with van der Waals surface area (Å²) in [4.78, 5) is 0. The zero-order valence-corrected chi connectivity index (χ0v) is 29.2. The molecule has 0 fully saturated rings. The van der Waals surface area contributed by atoms with E-state index in [9.17, 15) is 15.3 Å². The highest BCUT2D eigenvalue weighted by atomic mass is 16.5. The molecule has 6 aromatic carbocycles. The van der Waals surface area contributed by atoms with Gasteiger partial charge in [-0.3, -0.25) is 0 Å². The molecule has 262 valence electrons. The maximum atomic E-state index is 9.83. The van der Waals surface area contributed by atoms with Crippen molar-refractivity contribution >= 4 is 11.1 Å². The van der Waals surface area contributed by atoms with Crippen LogP contribution >= 0.6 is 0 Å². The Kier molecular flexibility index (Phi) is 9.76. The van der Waals surface area contributed by atoms with Gasteiger partial charge in [0.15, 0.2) is 0 Å². The van der Waals surface area contributed by atoms with Gasteiger partial charge in [0.1, 0.15) is 46.9 Å². The van der Waals surface area contributed by atoms with Crippen LogP contribution in [0.4, 0.5) is 0 Å². The second-order valence-corrected chi connectivity index (χ2v) is 12.9. The Labute approximate surface area is 303 Å². The summed E-state index contributed by atoms with van der Waals surface area (Å²) in [7, 11) is 3.32. The van der Waals surface area contributed by atoms with Gasteiger partial charge in [-0.25, -0.2) is 0 Å². The molecule has 7 nitrogen and oxygen atoms in total. The van der Waals surface area contributed by atoms with Gasteiger partial charge in [0.05, 0.1) is 20.8 Å². The molecule has 0 amide bonds. The Morgan fingerprint density at radius 2 is 1.12 bits per heavy atom. The molecule has 2 heterocycles. The minimum absolute atomic E-state index is 0.160. The molecule has 0 bridgehead atoms. The number of ether oxygens (including phenoxy) is 4. The predicted molar refractivity (Wildman–Crippen MR) is 203 cm³/mol. The quantitative estimate of drug-likeness (QED) is 0.160. The number of methoxy groups -OCH3 is 2. The normalized spacial score (nSPS) is 15.9. The minimum Gasteiger partial charge on any atom is -0.508 e. The molecular weight excluding hydrogens is 652 g/mol. The van der Waals surface area contributed by atoms with Crippen molar-refractivity contribution in [3.63, 3.8) is 0 Å². The first-order chi connectivity index (χ1) is 25.3. The van der Waals surface area contributed by atoms with Crippen molar-refractivity contribution in [3.8, 4) is 40.2 Å². The monoisotopic (exact) mass is 692 g/mol. The zero-order valence-electron chi connectivity index (χ0n) is 29.2. The number of phenolic OH excluding ortho intramolecular Hbond substituents is 3. The van der Waals surface area contributed by atoms with Crippen LogP contribution < -0.4 is 18.9 Å². The van der Waals surface area contributed by atoms with Gasteiger partial charge >= 0.3 is 0 Å². The van der Waals surface area contributed by atoms with Crippen LogP contribution in [0.1, 0.15) is 50.8 Å².